The summed E-state index contributed by atoms with van der Waals surface area (Å²) in [5.41, 5.74) is 1.51. The van der Waals surface area contributed by atoms with Crippen molar-refractivity contribution >= 4 is 5.97 Å². The molecular formula is C26H35NO5. The minimum Gasteiger partial charge on any atom is -0.494 e. The van der Waals surface area contributed by atoms with Gasteiger partial charge in [-0.2, -0.15) is 0 Å². The van der Waals surface area contributed by atoms with Gasteiger partial charge in [0.2, 0.25) is 0 Å². The van der Waals surface area contributed by atoms with Gasteiger partial charge in [-0.25, -0.2) is 0 Å². The molecule has 1 aliphatic heterocycles. The SMILES string of the molecule is CC(C)(C)C(=O)OC1CNCC(O)C1c1ccc(OCCCOCc2ccccc2)cc1. The molecule has 3 rings (SSSR count). The predicted molar refractivity (Wildman–Crippen MR) is 124 cm³/mol. The molecular weight excluding hydrogens is 406 g/mol. The van der Waals surface area contributed by atoms with Gasteiger partial charge in [-0.1, -0.05) is 42.5 Å². The monoisotopic (exact) mass is 441 g/mol. The second kappa shape index (κ2) is 11.5. The maximum atomic E-state index is 12.4. The third-order valence-corrected chi connectivity index (χ3v) is 5.46. The molecule has 2 aromatic carbocycles. The van der Waals surface area contributed by atoms with Crippen LogP contribution in [0.5, 0.6) is 5.75 Å². The summed E-state index contributed by atoms with van der Waals surface area (Å²) in [6, 6.07) is 17.8. The molecule has 1 saturated heterocycles. The molecule has 6 heteroatoms. The molecule has 6 nitrogen and oxygen atoms in total. The normalized spacial score (nSPS) is 21.2. The number of benzene rings is 2. The fourth-order valence-electron chi connectivity index (χ4n) is 3.64. The Morgan fingerprint density at radius 2 is 1.75 bits per heavy atom. The average molecular weight is 442 g/mol. The first-order valence-electron chi connectivity index (χ1n) is 11.3. The average Bonchev–Trinajstić information content (AvgIpc) is 2.77. The molecule has 0 radical (unpaired) electrons. The molecule has 32 heavy (non-hydrogen) atoms. The first kappa shape index (κ1) is 24.2. The van der Waals surface area contributed by atoms with Crippen molar-refractivity contribution in [2.75, 3.05) is 26.3 Å². The second-order valence-corrected chi connectivity index (χ2v) is 9.25. The van der Waals surface area contributed by atoms with Crippen molar-refractivity contribution in [3.05, 3.63) is 65.7 Å². The molecule has 0 aliphatic carbocycles. The summed E-state index contributed by atoms with van der Waals surface area (Å²) in [7, 11) is 0. The molecule has 0 spiro atoms. The number of aliphatic hydroxyl groups is 1. The van der Waals surface area contributed by atoms with E-state index in [0.717, 1.165) is 23.3 Å². The van der Waals surface area contributed by atoms with E-state index in [1.54, 1.807) is 0 Å². The molecule has 1 heterocycles. The molecule has 2 N–H and O–H groups in total. The van der Waals surface area contributed by atoms with E-state index in [1.165, 1.54) is 0 Å². The number of hydrogen-bond donors (Lipinski definition) is 2. The Kier molecular flexibility index (Phi) is 8.67. The number of hydrogen-bond acceptors (Lipinski definition) is 6. The molecule has 3 atom stereocenters. The first-order valence-corrected chi connectivity index (χ1v) is 11.3. The Labute approximate surface area is 190 Å². The topological polar surface area (TPSA) is 77.0 Å². The van der Waals surface area contributed by atoms with E-state index < -0.39 is 17.6 Å². The van der Waals surface area contributed by atoms with Crippen LogP contribution in [0.2, 0.25) is 0 Å². The van der Waals surface area contributed by atoms with Gasteiger partial charge in [-0.15, -0.1) is 0 Å². The largest absolute Gasteiger partial charge is 0.494 e. The van der Waals surface area contributed by atoms with E-state index in [9.17, 15) is 9.90 Å². The number of piperidine rings is 1. The maximum absolute atomic E-state index is 12.4. The van der Waals surface area contributed by atoms with Crippen LogP contribution in [0, 0.1) is 5.41 Å². The Hall–Kier alpha value is -2.41. The van der Waals surface area contributed by atoms with E-state index >= 15 is 0 Å². The van der Waals surface area contributed by atoms with Gasteiger partial charge < -0.3 is 24.6 Å². The van der Waals surface area contributed by atoms with E-state index in [0.29, 0.717) is 32.9 Å². The molecule has 174 valence electrons. The van der Waals surface area contributed by atoms with Crippen molar-refractivity contribution in [2.24, 2.45) is 5.41 Å². The summed E-state index contributed by atoms with van der Waals surface area (Å²) in [4.78, 5) is 12.4. The summed E-state index contributed by atoms with van der Waals surface area (Å²) < 4.78 is 17.3. The number of carbonyl (C=O) groups is 1. The van der Waals surface area contributed by atoms with Crippen LogP contribution in [-0.2, 0) is 20.9 Å². The Morgan fingerprint density at radius 1 is 1.03 bits per heavy atom. The highest BCUT2D eigenvalue weighted by molar-refractivity contribution is 5.75. The number of aliphatic hydroxyl groups excluding tert-OH is 1. The third-order valence-electron chi connectivity index (χ3n) is 5.46. The molecule has 0 bridgehead atoms. The van der Waals surface area contributed by atoms with E-state index in [1.807, 2.05) is 75.4 Å². The highest BCUT2D eigenvalue weighted by atomic mass is 16.5. The van der Waals surface area contributed by atoms with Gasteiger partial charge in [0.05, 0.1) is 31.3 Å². The first-order chi connectivity index (χ1) is 15.3. The minimum atomic E-state index is -0.630. The van der Waals surface area contributed by atoms with Gasteiger partial charge in [0.25, 0.3) is 0 Å². The number of rotatable bonds is 9. The van der Waals surface area contributed by atoms with Crippen molar-refractivity contribution in [1.82, 2.24) is 5.32 Å². The molecule has 3 unspecified atom stereocenters. The van der Waals surface area contributed by atoms with Crippen LogP contribution in [0.3, 0.4) is 0 Å². The molecule has 0 saturated carbocycles. The highest BCUT2D eigenvalue weighted by Crippen LogP contribution is 2.31. The van der Waals surface area contributed by atoms with Crippen molar-refractivity contribution in [3.8, 4) is 5.75 Å². The molecule has 0 aromatic heterocycles. The van der Waals surface area contributed by atoms with Crippen molar-refractivity contribution in [1.29, 1.82) is 0 Å². The van der Waals surface area contributed by atoms with E-state index in [4.69, 9.17) is 14.2 Å². The Balaban J connectivity index is 1.48. The number of esters is 1. The van der Waals surface area contributed by atoms with Gasteiger partial charge in [0.1, 0.15) is 11.9 Å². The smallest absolute Gasteiger partial charge is 0.311 e. The standard InChI is InChI=1S/C26H35NO5/c1-26(2,3)25(29)32-23-17-27-16-22(28)24(23)20-10-12-21(13-11-20)31-15-7-14-30-18-19-8-5-4-6-9-19/h4-6,8-13,22-24,27-28H,7,14-18H2,1-3H3. The van der Waals surface area contributed by atoms with Gasteiger partial charge in [0.15, 0.2) is 0 Å². The zero-order valence-electron chi connectivity index (χ0n) is 19.3. The number of ether oxygens (including phenoxy) is 3. The van der Waals surface area contributed by atoms with Crippen LogP contribution in [0.4, 0.5) is 0 Å². The van der Waals surface area contributed by atoms with Gasteiger partial charge >= 0.3 is 5.97 Å². The Morgan fingerprint density at radius 3 is 2.44 bits per heavy atom. The van der Waals surface area contributed by atoms with Crippen LogP contribution < -0.4 is 10.1 Å². The number of β-amino-alcohol motifs (C(OH)–C–C–N with tert-alkyl or cyclic N) is 1. The van der Waals surface area contributed by atoms with Crippen LogP contribution in [0.15, 0.2) is 54.6 Å². The van der Waals surface area contributed by atoms with Crippen LogP contribution >= 0.6 is 0 Å². The molecule has 1 fully saturated rings. The van der Waals surface area contributed by atoms with Crippen molar-refractivity contribution < 1.29 is 24.1 Å². The molecule has 2 aromatic rings. The summed E-state index contributed by atoms with van der Waals surface area (Å²) in [5, 5.41) is 13.7. The zero-order valence-corrected chi connectivity index (χ0v) is 19.3. The summed E-state index contributed by atoms with van der Waals surface area (Å²) in [6.07, 6.45) is -0.249. The van der Waals surface area contributed by atoms with Crippen LogP contribution in [0.25, 0.3) is 0 Å². The van der Waals surface area contributed by atoms with E-state index in [-0.39, 0.29) is 11.9 Å². The fourth-order valence-corrected chi connectivity index (χ4v) is 3.64. The lowest BCUT2D eigenvalue weighted by molar-refractivity contribution is -0.162. The van der Waals surface area contributed by atoms with E-state index in [2.05, 4.69) is 5.32 Å². The Bertz CT molecular complexity index is 832. The fraction of sp³-hybridized carbons (Fsp3) is 0.500. The number of carbonyl (C=O) groups excluding carboxylic acids is 1. The summed E-state index contributed by atoms with van der Waals surface area (Å²) >= 11 is 0. The lowest BCUT2D eigenvalue weighted by Crippen LogP contribution is -2.51. The van der Waals surface area contributed by atoms with Crippen molar-refractivity contribution in [3.63, 3.8) is 0 Å². The van der Waals surface area contributed by atoms with Gasteiger partial charge in [0, 0.05) is 25.4 Å². The lowest BCUT2D eigenvalue weighted by atomic mass is 9.85. The zero-order chi connectivity index (χ0) is 23.0. The van der Waals surface area contributed by atoms with Crippen molar-refractivity contribution in [2.45, 2.75) is 51.9 Å². The van der Waals surface area contributed by atoms with Gasteiger partial charge in [-0.05, 0) is 44.0 Å². The van der Waals surface area contributed by atoms with Crippen LogP contribution in [0.1, 0.15) is 44.2 Å². The quantitative estimate of drug-likeness (QED) is 0.457. The summed E-state index contributed by atoms with van der Waals surface area (Å²) in [6.45, 7) is 8.28. The lowest BCUT2D eigenvalue weighted by Gasteiger charge is -2.37. The second-order valence-electron chi connectivity index (χ2n) is 9.25. The minimum absolute atomic E-state index is 0.266. The highest BCUT2D eigenvalue weighted by Gasteiger charge is 2.37. The van der Waals surface area contributed by atoms with Crippen LogP contribution in [-0.4, -0.2) is 49.6 Å². The van der Waals surface area contributed by atoms with Gasteiger partial charge in [-0.3, -0.25) is 4.79 Å². The molecule has 1 aliphatic rings. The number of nitrogens with one attached hydrogen (secondary N) is 1. The molecule has 0 amide bonds. The maximum Gasteiger partial charge on any atom is 0.311 e. The third kappa shape index (κ3) is 7.05. The summed E-state index contributed by atoms with van der Waals surface area (Å²) in [5.74, 6) is 0.226. The predicted octanol–water partition coefficient (Wildman–Crippen LogP) is 3.68.